The van der Waals surface area contributed by atoms with E-state index in [4.69, 9.17) is 0 Å². The number of carbonyl (C=O) groups excluding carboxylic acids is 1. The van der Waals surface area contributed by atoms with E-state index in [0.29, 0.717) is 37.6 Å². The van der Waals surface area contributed by atoms with Gasteiger partial charge in [0.15, 0.2) is 5.82 Å². The van der Waals surface area contributed by atoms with Crippen molar-refractivity contribution in [2.24, 2.45) is 0 Å². The molecule has 7 nitrogen and oxygen atoms in total. The second-order valence-corrected chi connectivity index (χ2v) is 6.53. The summed E-state index contributed by atoms with van der Waals surface area (Å²) in [7, 11) is 0. The Hall–Kier alpha value is -2.36. The van der Waals surface area contributed by atoms with Crippen LogP contribution in [0, 0.1) is 25.2 Å². The third-order valence-corrected chi connectivity index (χ3v) is 5.02. The monoisotopic (exact) mass is 328 g/mol. The molecule has 2 amide bonds. The van der Waals surface area contributed by atoms with Gasteiger partial charge in [0.05, 0.1) is 5.69 Å². The Morgan fingerprint density at radius 3 is 2.21 bits per heavy atom. The van der Waals surface area contributed by atoms with Crippen LogP contribution in [0.4, 0.5) is 10.6 Å². The molecule has 128 valence electrons. The van der Waals surface area contributed by atoms with Crippen LogP contribution in [-0.2, 0) is 0 Å². The van der Waals surface area contributed by atoms with Gasteiger partial charge >= 0.3 is 6.03 Å². The quantitative estimate of drug-likeness (QED) is 0.784. The number of amides is 2. The second-order valence-electron chi connectivity index (χ2n) is 6.53. The van der Waals surface area contributed by atoms with Crippen molar-refractivity contribution in [3.63, 3.8) is 0 Å². The molecule has 0 atom stereocenters. The highest BCUT2D eigenvalue weighted by molar-refractivity contribution is 5.75. The summed E-state index contributed by atoms with van der Waals surface area (Å²) in [6.07, 6.45) is 3.44. The second kappa shape index (κ2) is 7.04. The van der Waals surface area contributed by atoms with Crippen molar-refractivity contribution in [3.8, 4) is 6.07 Å². The standard InChI is InChI=1S/C17H24N6O/c1-13-14(2)19-20-16(15(13)12-18)21-8-10-23(11-9-21)17(24)22-6-4-3-5-7-22/h3-11H2,1-2H3. The van der Waals surface area contributed by atoms with Crippen molar-refractivity contribution in [2.75, 3.05) is 44.2 Å². The van der Waals surface area contributed by atoms with Crippen molar-refractivity contribution in [3.05, 3.63) is 16.8 Å². The summed E-state index contributed by atoms with van der Waals surface area (Å²) in [4.78, 5) is 18.5. The molecular weight excluding hydrogens is 304 g/mol. The fourth-order valence-electron chi connectivity index (χ4n) is 3.35. The minimum absolute atomic E-state index is 0.154. The molecule has 3 rings (SSSR count). The molecule has 3 heterocycles. The topological polar surface area (TPSA) is 76.4 Å². The lowest BCUT2D eigenvalue weighted by molar-refractivity contribution is 0.141. The van der Waals surface area contributed by atoms with Gasteiger partial charge in [0.25, 0.3) is 0 Å². The number of aryl methyl sites for hydroxylation is 1. The van der Waals surface area contributed by atoms with Crippen molar-refractivity contribution in [1.82, 2.24) is 20.0 Å². The van der Waals surface area contributed by atoms with Crippen LogP contribution in [0.2, 0.25) is 0 Å². The number of carbonyl (C=O) groups is 1. The van der Waals surface area contributed by atoms with Crippen LogP contribution in [0.1, 0.15) is 36.1 Å². The summed E-state index contributed by atoms with van der Waals surface area (Å²) in [5.74, 6) is 0.644. The molecule has 1 aromatic heterocycles. The number of aromatic nitrogens is 2. The highest BCUT2D eigenvalue weighted by Crippen LogP contribution is 2.23. The predicted octanol–water partition coefficient (Wildman–Crippen LogP) is 1.69. The molecule has 2 saturated heterocycles. The molecule has 0 bridgehead atoms. The summed E-state index contributed by atoms with van der Waals surface area (Å²) in [6, 6.07) is 2.41. The maximum atomic E-state index is 12.6. The first-order valence-electron chi connectivity index (χ1n) is 8.64. The number of piperazine rings is 1. The Morgan fingerprint density at radius 2 is 1.58 bits per heavy atom. The van der Waals surface area contributed by atoms with Crippen LogP contribution in [0.15, 0.2) is 0 Å². The van der Waals surface area contributed by atoms with E-state index in [1.54, 1.807) is 0 Å². The molecule has 0 aliphatic carbocycles. The van der Waals surface area contributed by atoms with Gasteiger partial charge in [-0.3, -0.25) is 0 Å². The summed E-state index contributed by atoms with van der Waals surface area (Å²) in [5, 5.41) is 17.8. The van der Waals surface area contributed by atoms with E-state index in [1.807, 2.05) is 23.6 Å². The molecule has 2 aliphatic heterocycles. The van der Waals surface area contributed by atoms with Crippen LogP contribution < -0.4 is 4.90 Å². The van der Waals surface area contributed by atoms with Gasteiger partial charge in [-0.05, 0) is 38.7 Å². The van der Waals surface area contributed by atoms with E-state index < -0.39 is 0 Å². The molecule has 2 fully saturated rings. The number of hydrogen-bond donors (Lipinski definition) is 0. The van der Waals surface area contributed by atoms with Crippen LogP contribution in [-0.4, -0.2) is 65.3 Å². The number of likely N-dealkylation sites (tertiary alicyclic amines) is 1. The average Bonchev–Trinajstić information content (AvgIpc) is 2.64. The Balaban J connectivity index is 1.66. The maximum absolute atomic E-state index is 12.6. The number of rotatable bonds is 1. The van der Waals surface area contributed by atoms with E-state index in [0.717, 1.165) is 37.2 Å². The van der Waals surface area contributed by atoms with E-state index >= 15 is 0 Å². The van der Waals surface area contributed by atoms with Gasteiger partial charge < -0.3 is 14.7 Å². The third kappa shape index (κ3) is 3.14. The smallest absolute Gasteiger partial charge is 0.320 e. The molecule has 0 unspecified atom stereocenters. The Morgan fingerprint density at radius 1 is 0.958 bits per heavy atom. The van der Waals surface area contributed by atoms with Gasteiger partial charge in [0, 0.05) is 39.3 Å². The van der Waals surface area contributed by atoms with Crippen molar-refractivity contribution >= 4 is 11.8 Å². The first-order chi connectivity index (χ1) is 11.6. The zero-order chi connectivity index (χ0) is 17.1. The van der Waals surface area contributed by atoms with E-state index in [-0.39, 0.29) is 6.03 Å². The number of nitrogens with zero attached hydrogens (tertiary/aromatic N) is 6. The van der Waals surface area contributed by atoms with E-state index in [9.17, 15) is 10.1 Å². The molecule has 7 heteroatoms. The van der Waals surface area contributed by atoms with Crippen LogP contribution in [0.25, 0.3) is 0 Å². The average molecular weight is 328 g/mol. The van der Waals surface area contributed by atoms with Crippen molar-refractivity contribution in [1.29, 1.82) is 5.26 Å². The Bertz CT molecular complexity index is 654. The van der Waals surface area contributed by atoms with E-state index in [2.05, 4.69) is 21.2 Å². The zero-order valence-electron chi connectivity index (χ0n) is 14.5. The van der Waals surface area contributed by atoms with Crippen LogP contribution in [0.5, 0.6) is 0 Å². The van der Waals surface area contributed by atoms with Gasteiger partial charge in [0.1, 0.15) is 11.6 Å². The third-order valence-electron chi connectivity index (χ3n) is 5.02. The highest BCUT2D eigenvalue weighted by atomic mass is 16.2. The number of nitriles is 1. The number of urea groups is 1. The van der Waals surface area contributed by atoms with Crippen LogP contribution >= 0.6 is 0 Å². The summed E-state index contributed by atoms with van der Waals surface area (Å²) in [6.45, 7) is 8.21. The fourth-order valence-corrected chi connectivity index (χ4v) is 3.35. The van der Waals surface area contributed by atoms with Gasteiger partial charge in [-0.2, -0.15) is 10.4 Å². The molecule has 0 radical (unpaired) electrons. The van der Waals surface area contributed by atoms with Gasteiger partial charge in [0.2, 0.25) is 0 Å². The van der Waals surface area contributed by atoms with E-state index in [1.165, 1.54) is 6.42 Å². The molecule has 2 aliphatic rings. The van der Waals surface area contributed by atoms with Gasteiger partial charge in [-0.15, -0.1) is 5.10 Å². The first-order valence-corrected chi connectivity index (χ1v) is 8.64. The maximum Gasteiger partial charge on any atom is 0.320 e. The number of anilines is 1. The zero-order valence-corrected chi connectivity index (χ0v) is 14.5. The molecule has 0 spiro atoms. The predicted molar refractivity (Wildman–Crippen MR) is 90.8 cm³/mol. The van der Waals surface area contributed by atoms with Crippen molar-refractivity contribution in [2.45, 2.75) is 33.1 Å². The lowest BCUT2D eigenvalue weighted by Crippen LogP contribution is -2.54. The van der Waals surface area contributed by atoms with Crippen LogP contribution in [0.3, 0.4) is 0 Å². The van der Waals surface area contributed by atoms with Gasteiger partial charge in [-0.1, -0.05) is 0 Å². The summed E-state index contributed by atoms with van der Waals surface area (Å²) >= 11 is 0. The molecule has 0 saturated carbocycles. The van der Waals surface area contributed by atoms with Gasteiger partial charge in [-0.25, -0.2) is 4.79 Å². The Kier molecular flexibility index (Phi) is 4.84. The molecule has 0 aromatic carbocycles. The fraction of sp³-hybridized carbons (Fsp3) is 0.647. The number of piperidine rings is 1. The minimum Gasteiger partial charge on any atom is -0.350 e. The minimum atomic E-state index is 0.154. The summed E-state index contributed by atoms with van der Waals surface area (Å²) < 4.78 is 0. The molecule has 24 heavy (non-hydrogen) atoms. The SMILES string of the molecule is Cc1nnc(N2CCN(C(=O)N3CCCCC3)CC2)c(C#N)c1C. The highest BCUT2D eigenvalue weighted by Gasteiger charge is 2.28. The van der Waals surface area contributed by atoms with Crippen molar-refractivity contribution < 1.29 is 4.79 Å². The lowest BCUT2D eigenvalue weighted by Gasteiger charge is -2.39. The molecule has 1 aromatic rings. The lowest BCUT2D eigenvalue weighted by atomic mass is 10.1. The molecular formula is C17H24N6O. The largest absolute Gasteiger partial charge is 0.350 e. The summed E-state index contributed by atoms with van der Waals surface area (Å²) in [5.41, 5.74) is 2.27. The normalized spacial score (nSPS) is 18.5. The Labute approximate surface area is 142 Å². The molecule has 0 N–H and O–H groups in total. The number of hydrogen-bond acceptors (Lipinski definition) is 5. The first kappa shape index (κ1) is 16.5.